The Morgan fingerprint density at radius 1 is 1.15 bits per heavy atom. The molecule has 0 aliphatic carbocycles. The molecule has 8 nitrogen and oxygen atoms in total. The van der Waals surface area contributed by atoms with Crippen molar-refractivity contribution in [3.63, 3.8) is 0 Å². The van der Waals surface area contributed by atoms with Crippen molar-refractivity contribution in [2.75, 3.05) is 6.54 Å². The Morgan fingerprint density at radius 3 is 2.08 bits per heavy atom. The van der Waals surface area contributed by atoms with Crippen LogP contribution in [0, 0.1) is 20.8 Å². The third-order valence-corrected chi connectivity index (χ3v) is 5.09. The van der Waals surface area contributed by atoms with Crippen LogP contribution in [0.25, 0.3) is 0 Å². The molecule has 1 amide bonds. The summed E-state index contributed by atoms with van der Waals surface area (Å²) in [4.78, 5) is 23.1. The second-order valence-electron chi connectivity index (χ2n) is 7.12. The lowest BCUT2D eigenvalue weighted by Gasteiger charge is -2.21. The molecule has 1 rings (SSSR count). The highest BCUT2D eigenvalue weighted by atomic mass is 32.2. The molecule has 26 heavy (non-hydrogen) atoms. The van der Waals surface area contributed by atoms with E-state index in [-0.39, 0.29) is 4.90 Å². The van der Waals surface area contributed by atoms with Crippen LogP contribution in [-0.2, 0) is 19.6 Å². The SMILES string of the molecule is Cc1cc(C)c(S(=O)(=O)N[C@H](CNC(=O)OC(C)(C)C)C(=O)O)c(C)c1. The van der Waals surface area contributed by atoms with Crippen molar-refractivity contribution < 1.29 is 27.9 Å². The number of amides is 1. The molecule has 9 heteroatoms. The number of nitrogens with one attached hydrogen (secondary N) is 2. The molecule has 0 bridgehead atoms. The smallest absolute Gasteiger partial charge is 0.407 e. The average Bonchev–Trinajstić information content (AvgIpc) is 2.39. The van der Waals surface area contributed by atoms with Gasteiger partial charge in [0.25, 0.3) is 0 Å². The Hall–Kier alpha value is -2.13. The number of carboxylic acid groups (broad SMARTS) is 1. The van der Waals surface area contributed by atoms with E-state index in [0.717, 1.165) is 5.56 Å². The van der Waals surface area contributed by atoms with Gasteiger partial charge in [0.05, 0.1) is 4.90 Å². The van der Waals surface area contributed by atoms with Crippen LogP contribution in [0.4, 0.5) is 4.79 Å². The quantitative estimate of drug-likeness (QED) is 0.686. The van der Waals surface area contributed by atoms with Gasteiger partial charge >= 0.3 is 12.1 Å². The Morgan fingerprint density at radius 2 is 1.65 bits per heavy atom. The zero-order valence-electron chi connectivity index (χ0n) is 15.8. The molecule has 0 heterocycles. The standard InChI is InChI=1S/C17H26N2O6S/c1-10-7-11(2)14(12(3)8-10)26(23,24)19-13(15(20)21)9-18-16(22)25-17(4,5)6/h7-8,13,19H,9H2,1-6H3,(H,18,22)(H,20,21)/t13-/m1/s1. The number of aryl methyl sites for hydroxylation is 3. The molecule has 0 aliphatic heterocycles. The zero-order chi connectivity index (χ0) is 20.3. The van der Waals surface area contributed by atoms with Crippen LogP contribution in [0.3, 0.4) is 0 Å². The molecule has 1 aromatic rings. The minimum absolute atomic E-state index is 0.0339. The highest BCUT2D eigenvalue weighted by Crippen LogP contribution is 2.21. The van der Waals surface area contributed by atoms with Gasteiger partial charge in [0.2, 0.25) is 10.0 Å². The second kappa shape index (κ2) is 8.05. The molecule has 0 radical (unpaired) electrons. The summed E-state index contributed by atoms with van der Waals surface area (Å²) < 4.78 is 32.5. The second-order valence-corrected chi connectivity index (χ2v) is 8.77. The molecule has 0 unspecified atom stereocenters. The summed E-state index contributed by atoms with van der Waals surface area (Å²) in [5.41, 5.74) is 1.18. The van der Waals surface area contributed by atoms with Gasteiger partial charge in [-0.15, -0.1) is 0 Å². The van der Waals surface area contributed by atoms with E-state index in [1.54, 1.807) is 46.8 Å². The van der Waals surface area contributed by atoms with Gasteiger partial charge < -0.3 is 15.2 Å². The number of alkyl carbamates (subject to hydrolysis) is 1. The fraction of sp³-hybridized carbons (Fsp3) is 0.529. The van der Waals surface area contributed by atoms with Crippen molar-refractivity contribution in [2.45, 2.75) is 58.1 Å². The fourth-order valence-corrected chi connectivity index (χ4v) is 4.16. The van der Waals surface area contributed by atoms with Crippen LogP contribution in [0.1, 0.15) is 37.5 Å². The van der Waals surface area contributed by atoms with Gasteiger partial charge in [-0.1, -0.05) is 17.7 Å². The van der Waals surface area contributed by atoms with Crippen LogP contribution in [0.2, 0.25) is 0 Å². The normalized spacial score (nSPS) is 13.2. The van der Waals surface area contributed by atoms with E-state index >= 15 is 0 Å². The van der Waals surface area contributed by atoms with E-state index in [1.807, 2.05) is 6.92 Å². The predicted octanol–water partition coefficient (Wildman–Crippen LogP) is 1.87. The molecule has 3 N–H and O–H groups in total. The van der Waals surface area contributed by atoms with E-state index in [0.29, 0.717) is 11.1 Å². The van der Waals surface area contributed by atoms with E-state index < -0.39 is 40.3 Å². The van der Waals surface area contributed by atoms with Gasteiger partial charge in [-0.05, 0) is 52.7 Å². The van der Waals surface area contributed by atoms with Crippen molar-refractivity contribution in [2.24, 2.45) is 0 Å². The lowest BCUT2D eigenvalue weighted by atomic mass is 10.1. The highest BCUT2D eigenvalue weighted by molar-refractivity contribution is 7.89. The van der Waals surface area contributed by atoms with Crippen molar-refractivity contribution >= 4 is 22.1 Å². The van der Waals surface area contributed by atoms with Gasteiger partial charge in [-0.3, -0.25) is 4.79 Å². The van der Waals surface area contributed by atoms with Crippen LogP contribution < -0.4 is 10.0 Å². The van der Waals surface area contributed by atoms with Crippen molar-refractivity contribution in [3.05, 3.63) is 28.8 Å². The molecule has 1 atom stereocenters. The predicted molar refractivity (Wildman–Crippen MR) is 96.6 cm³/mol. The number of ether oxygens (including phenoxy) is 1. The number of hydrogen-bond donors (Lipinski definition) is 3. The van der Waals surface area contributed by atoms with Crippen molar-refractivity contribution in [1.82, 2.24) is 10.0 Å². The first kappa shape index (κ1) is 21.9. The molecule has 0 spiro atoms. The maximum absolute atomic E-state index is 12.7. The maximum Gasteiger partial charge on any atom is 0.407 e. The van der Waals surface area contributed by atoms with E-state index in [2.05, 4.69) is 10.0 Å². The Balaban J connectivity index is 2.97. The molecule has 0 aromatic heterocycles. The summed E-state index contributed by atoms with van der Waals surface area (Å²) in [5.74, 6) is -1.41. The highest BCUT2D eigenvalue weighted by Gasteiger charge is 2.28. The van der Waals surface area contributed by atoms with Crippen LogP contribution in [0.15, 0.2) is 17.0 Å². The van der Waals surface area contributed by atoms with Crippen LogP contribution in [0.5, 0.6) is 0 Å². The summed E-state index contributed by atoms with van der Waals surface area (Å²) in [5, 5.41) is 11.6. The monoisotopic (exact) mass is 386 g/mol. The van der Waals surface area contributed by atoms with Gasteiger partial charge in [0.1, 0.15) is 11.6 Å². The lowest BCUT2D eigenvalue weighted by Crippen LogP contribution is -2.49. The zero-order valence-corrected chi connectivity index (χ0v) is 16.7. The van der Waals surface area contributed by atoms with E-state index in [4.69, 9.17) is 4.74 Å². The summed E-state index contributed by atoms with van der Waals surface area (Å²) in [6.07, 6.45) is -0.828. The summed E-state index contributed by atoms with van der Waals surface area (Å²) in [7, 11) is -4.09. The Kier molecular flexibility index (Phi) is 6.78. The number of carbonyl (C=O) groups is 2. The third-order valence-electron chi connectivity index (χ3n) is 3.32. The molecule has 1 aromatic carbocycles. The topological polar surface area (TPSA) is 122 Å². The molecular weight excluding hydrogens is 360 g/mol. The molecule has 0 saturated carbocycles. The van der Waals surface area contributed by atoms with E-state index in [1.165, 1.54) is 0 Å². The molecule has 0 fully saturated rings. The summed E-state index contributed by atoms with van der Waals surface area (Å²) in [6, 6.07) is 1.87. The number of hydrogen-bond acceptors (Lipinski definition) is 5. The fourth-order valence-electron chi connectivity index (χ4n) is 2.52. The molecule has 0 aliphatic rings. The largest absolute Gasteiger partial charge is 0.480 e. The first-order valence-electron chi connectivity index (χ1n) is 8.03. The molecular formula is C17H26N2O6S. The number of aliphatic carboxylic acids is 1. The minimum Gasteiger partial charge on any atom is -0.480 e. The molecule has 146 valence electrons. The first-order valence-corrected chi connectivity index (χ1v) is 9.51. The van der Waals surface area contributed by atoms with Crippen molar-refractivity contribution in [3.8, 4) is 0 Å². The third kappa shape index (κ3) is 6.30. The van der Waals surface area contributed by atoms with E-state index in [9.17, 15) is 23.1 Å². The Bertz CT molecular complexity index is 773. The molecule has 0 saturated heterocycles. The number of sulfonamides is 1. The summed E-state index contributed by atoms with van der Waals surface area (Å²) in [6.45, 7) is 9.65. The minimum atomic E-state index is -4.09. The Labute approximate surface area is 154 Å². The van der Waals surface area contributed by atoms with Gasteiger partial charge in [-0.2, -0.15) is 4.72 Å². The number of carbonyl (C=O) groups excluding carboxylic acids is 1. The van der Waals surface area contributed by atoms with Gasteiger partial charge in [-0.25, -0.2) is 13.2 Å². The van der Waals surface area contributed by atoms with Gasteiger partial charge in [0.15, 0.2) is 0 Å². The van der Waals surface area contributed by atoms with Crippen LogP contribution in [-0.4, -0.2) is 43.8 Å². The number of carboxylic acids is 1. The summed E-state index contributed by atoms with van der Waals surface area (Å²) >= 11 is 0. The lowest BCUT2D eigenvalue weighted by molar-refractivity contribution is -0.138. The van der Waals surface area contributed by atoms with Crippen LogP contribution >= 0.6 is 0 Å². The van der Waals surface area contributed by atoms with Gasteiger partial charge in [0, 0.05) is 6.54 Å². The first-order chi connectivity index (χ1) is 11.7. The number of rotatable bonds is 6. The maximum atomic E-state index is 12.7. The van der Waals surface area contributed by atoms with Crippen molar-refractivity contribution in [1.29, 1.82) is 0 Å². The number of benzene rings is 1. The average molecular weight is 386 g/mol.